The maximum absolute atomic E-state index is 13.8. The lowest BCUT2D eigenvalue weighted by Crippen LogP contribution is -2.60. The standard InChI is InChI=1S/C33H45N5O5.C4H8O.CH4O/c1-5-25-14-13-24-12-11-23(20-27(24)36-25)15-18-33(16-7-6-8-17-33)32(42)43-28(21(2)3)30(40)35-22(4)31(41)38-19-9-10-26(37-38)29(34)39;1-4(2)3-5;1-2/h11-15,18,20-22,26,28,37H,5-10,16-17,19H2,1-4H3,(H2,34,39)(H,35,40);3-4H,1-2H3;2H,1H3/b18-15+;;. The summed E-state index contributed by atoms with van der Waals surface area (Å²) in [6.45, 7) is 11.4. The van der Waals surface area contributed by atoms with E-state index in [1.54, 1.807) is 6.92 Å². The van der Waals surface area contributed by atoms with Gasteiger partial charge in [-0.05, 0) is 62.6 Å². The number of nitrogens with zero attached hydrogens (tertiary/aromatic N) is 2. The molecular weight excluding hydrogens is 638 g/mol. The van der Waals surface area contributed by atoms with Crippen molar-refractivity contribution in [3.63, 3.8) is 0 Å². The highest BCUT2D eigenvalue weighted by atomic mass is 16.5. The summed E-state index contributed by atoms with van der Waals surface area (Å²) in [6, 6.07) is 8.64. The first-order valence-electron chi connectivity index (χ1n) is 17.7. The highest BCUT2D eigenvalue weighted by molar-refractivity contribution is 5.91. The summed E-state index contributed by atoms with van der Waals surface area (Å²) in [6.07, 6.45) is 9.85. The van der Waals surface area contributed by atoms with Crippen LogP contribution in [-0.2, 0) is 35.1 Å². The molecule has 0 radical (unpaired) electrons. The summed E-state index contributed by atoms with van der Waals surface area (Å²) in [5.74, 6) is -2.00. The molecule has 3 unspecified atom stereocenters. The molecule has 1 aliphatic carbocycles. The number of aliphatic hydroxyl groups is 1. The molecule has 5 N–H and O–H groups in total. The number of benzene rings is 1. The predicted octanol–water partition coefficient (Wildman–Crippen LogP) is 4.26. The number of pyridine rings is 1. The number of hydrogen-bond acceptors (Lipinski definition) is 9. The van der Waals surface area contributed by atoms with E-state index in [0.29, 0.717) is 32.2 Å². The van der Waals surface area contributed by atoms with E-state index in [9.17, 15) is 24.0 Å². The van der Waals surface area contributed by atoms with Crippen LogP contribution >= 0.6 is 0 Å². The van der Waals surface area contributed by atoms with Crippen molar-refractivity contribution in [3.8, 4) is 0 Å². The zero-order chi connectivity index (χ0) is 37.4. The van der Waals surface area contributed by atoms with Crippen LogP contribution in [0.25, 0.3) is 17.0 Å². The summed E-state index contributed by atoms with van der Waals surface area (Å²) < 4.78 is 5.96. The number of amides is 3. The van der Waals surface area contributed by atoms with Gasteiger partial charge in [-0.1, -0.05) is 84.2 Å². The van der Waals surface area contributed by atoms with Gasteiger partial charge in [0.1, 0.15) is 18.4 Å². The first-order valence-corrected chi connectivity index (χ1v) is 17.7. The fraction of sp³-hybridized carbons (Fsp3) is 0.579. The first kappa shape index (κ1) is 42.0. The maximum atomic E-state index is 13.8. The van der Waals surface area contributed by atoms with Crippen molar-refractivity contribution in [3.05, 3.63) is 47.7 Å². The highest BCUT2D eigenvalue weighted by Crippen LogP contribution is 2.40. The fourth-order valence-corrected chi connectivity index (χ4v) is 5.82. The summed E-state index contributed by atoms with van der Waals surface area (Å²) in [7, 11) is 1.00. The van der Waals surface area contributed by atoms with Crippen LogP contribution < -0.4 is 16.5 Å². The van der Waals surface area contributed by atoms with Crippen LogP contribution in [0.5, 0.6) is 0 Å². The summed E-state index contributed by atoms with van der Waals surface area (Å²) >= 11 is 0. The Bertz CT molecular complexity index is 1470. The van der Waals surface area contributed by atoms with Gasteiger partial charge in [-0.2, -0.15) is 0 Å². The first-order chi connectivity index (χ1) is 23.8. The topological polar surface area (TPSA) is 181 Å². The van der Waals surface area contributed by atoms with Gasteiger partial charge < -0.3 is 25.7 Å². The molecule has 3 atom stereocenters. The number of fused-ring (bicyclic) bond motifs is 1. The predicted molar refractivity (Wildman–Crippen MR) is 194 cm³/mol. The molecule has 1 aliphatic heterocycles. The number of rotatable bonds is 11. The molecule has 50 heavy (non-hydrogen) atoms. The molecule has 2 fully saturated rings. The van der Waals surface area contributed by atoms with Crippen molar-refractivity contribution in [2.75, 3.05) is 13.7 Å². The van der Waals surface area contributed by atoms with E-state index in [2.05, 4.69) is 23.7 Å². The Hall–Kier alpha value is -4.16. The number of hydrogen-bond donors (Lipinski definition) is 4. The monoisotopic (exact) mass is 695 g/mol. The molecule has 4 rings (SSSR count). The van der Waals surface area contributed by atoms with Gasteiger partial charge in [0.15, 0.2) is 6.10 Å². The van der Waals surface area contributed by atoms with Crippen molar-refractivity contribution < 1.29 is 33.8 Å². The largest absolute Gasteiger partial charge is 0.451 e. The van der Waals surface area contributed by atoms with E-state index in [0.717, 1.165) is 61.2 Å². The third-order valence-electron chi connectivity index (χ3n) is 8.78. The second kappa shape index (κ2) is 20.5. The molecule has 276 valence electrons. The number of aliphatic hydroxyl groups excluding tert-OH is 1. The SMILES string of the molecule is CC(C)C=O.CCc1ccc2ccc(/C=C/C3(C(=O)OC(C(=O)NC(C)C(=O)N4CCCC(C(N)=O)N4)C(C)C)CCCCC3)cc2n1.CO. The Morgan fingerprint density at radius 3 is 2.28 bits per heavy atom. The van der Waals surface area contributed by atoms with Gasteiger partial charge in [-0.25, -0.2) is 5.43 Å². The number of esters is 1. The van der Waals surface area contributed by atoms with Gasteiger partial charge in [0, 0.05) is 30.7 Å². The number of ether oxygens (including phenoxy) is 1. The highest BCUT2D eigenvalue weighted by Gasteiger charge is 2.42. The van der Waals surface area contributed by atoms with Gasteiger partial charge in [0.05, 0.1) is 10.9 Å². The Morgan fingerprint density at radius 2 is 1.70 bits per heavy atom. The number of aryl methyl sites for hydroxylation is 1. The van der Waals surface area contributed by atoms with E-state index in [-0.39, 0.29) is 11.8 Å². The lowest BCUT2D eigenvalue weighted by molar-refractivity contribution is -0.168. The number of nitrogens with one attached hydrogen (secondary N) is 2. The molecule has 2 aromatic rings. The minimum Gasteiger partial charge on any atom is -0.451 e. The molecule has 2 heterocycles. The Morgan fingerprint density at radius 1 is 1.06 bits per heavy atom. The van der Waals surface area contributed by atoms with E-state index in [4.69, 9.17) is 20.6 Å². The van der Waals surface area contributed by atoms with Gasteiger partial charge >= 0.3 is 5.97 Å². The van der Waals surface area contributed by atoms with Crippen molar-refractivity contribution >= 4 is 47.0 Å². The second-order valence-electron chi connectivity index (χ2n) is 13.6. The van der Waals surface area contributed by atoms with Crippen molar-refractivity contribution in [1.82, 2.24) is 20.7 Å². The van der Waals surface area contributed by atoms with Crippen molar-refractivity contribution in [2.24, 2.45) is 23.0 Å². The smallest absolute Gasteiger partial charge is 0.316 e. The molecule has 12 nitrogen and oxygen atoms in total. The Labute approximate surface area is 296 Å². The third kappa shape index (κ3) is 12.0. The molecule has 1 aromatic carbocycles. The number of primary amides is 1. The lowest BCUT2D eigenvalue weighted by atomic mass is 9.73. The average molecular weight is 696 g/mol. The zero-order valence-corrected chi connectivity index (χ0v) is 30.7. The van der Waals surface area contributed by atoms with Crippen LogP contribution in [0, 0.1) is 17.3 Å². The van der Waals surface area contributed by atoms with Crippen LogP contribution in [0.1, 0.15) is 97.7 Å². The second-order valence-corrected chi connectivity index (χ2v) is 13.6. The van der Waals surface area contributed by atoms with Crippen LogP contribution in [0.4, 0.5) is 0 Å². The summed E-state index contributed by atoms with van der Waals surface area (Å²) in [5, 5.41) is 12.1. The molecule has 0 spiro atoms. The van der Waals surface area contributed by atoms with Crippen LogP contribution in [0.3, 0.4) is 0 Å². The molecule has 1 saturated carbocycles. The summed E-state index contributed by atoms with van der Waals surface area (Å²) in [4.78, 5) is 66.0. The fourth-order valence-electron chi connectivity index (χ4n) is 5.82. The third-order valence-corrected chi connectivity index (χ3v) is 8.78. The van der Waals surface area contributed by atoms with E-state index in [1.165, 1.54) is 5.01 Å². The number of hydrazine groups is 1. The number of carbonyl (C=O) groups is 5. The normalized spacial score (nSPS) is 18.3. The van der Waals surface area contributed by atoms with E-state index in [1.807, 2.05) is 64.1 Å². The molecule has 12 heteroatoms. The molecule has 0 bridgehead atoms. The van der Waals surface area contributed by atoms with Gasteiger partial charge in [0.2, 0.25) is 5.91 Å². The van der Waals surface area contributed by atoms with Crippen LogP contribution in [-0.4, -0.2) is 76.9 Å². The minimum atomic E-state index is -1.07. The zero-order valence-electron chi connectivity index (χ0n) is 30.7. The van der Waals surface area contributed by atoms with Crippen LogP contribution in [0.15, 0.2) is 36.4 Å². The number of aromatic nitrogens is 1. The van der Waals surface area contributed by atoms with Gasteiger partial charge in [0.25, 0.3) is 11.8 Å². The molecule has 3 amide bonds. The van der Waals surface area contributed by atoms with Crippen molar-refractivity contribution in [2.45, 2.75) is 111 Å². The van der Waals surface area contributed by atoms with E-state index < -0.39 is 47.3 Å². The number of carbonyl (C=O) groups excluding carboxylic acids is 5. The lowest BCUT2D eigenvalue weighted by Gasteiger charge is -2.35. The maximum Gasteiger partial charge on any atom is 0.316 e. The molecule has 1 saturated heterocycles. The average Bonchev–Trinajstić information content (AvgIpc) is 3.13. The summed E-state index contributed by atoms with van der Waals surface area (Å²) in [5.41, 5.74) is 10.3. The molecule has 2 aliphatic rings. The van der Waals surface area contributed by atoms with Crippen molar-refractivity contribution in [1.29, 1.82) is 0 Å². The minimum absolute atomic E-state index is 0.204. The molecule has 1 aromatic heterocycles. The van der Waals surface area contributed by atoms with Gasteiger partial charge in [-0.15, -0.1) is 0 Å². The number of nitrogens with two attached hydrogens (primary N) is 1. The molecular formula is C38H57N5O7. The number of aldehydes is 1. The Kier molecular flexibility index (Phi) is 17.2. The Balaban J connectivity index is 0.00000114. The van der Waals surface area contributed by atoms with Crippen LogP contribution in [0.2, 0.25) is 0 Å². The van der Waals surface area contributed by atoms with E-state index >= 15 is 0 Å². The van der Waals surface area contributed by atoms with Gasteiger partial charge in [-0.3, -0.25) is 29.2 Å². The quantitative estimate of drug-likeness (QED) is 0.197.